The molecule has 0 saturated heterocycles. The van der Waals surface area contributed by atoms with E-state index in [0.29, 0.717) is 12.0 Å². The predicted molar refractivity (Wildman–Crippen MR) is 64.4 cm³/mol. The highest BCUT2D eigenvalue weighted by atomic mass is 16.5. The van der Waals surface area contributed by atoms with Crippen LogP contribution in [-0.4, -0.2) is 18.4 Å². The highest BCUT2D eigenvalue weighted by molar-refractivity contribution is 5.99. The van der Waals surface area contributed by atoms with E-state index in [-0.39, 0.29) is 12.4 Å². The van der Waals surface area contributed by atoms with Crippen molar-refractivity contribution < 1.29 is 14.3 Å². The van der Waals surface area contributed by atoms with Gasteiger partial charge in [-0.1, -0.05) is 43.2 Å². The summed E-state index contributed by atoms with van der Waals surface area (Å²) in [5.74, 6) is 4.11. The van der Waals surface area contributed by atoms with Gasteiger partial charge in [0.15, 0.2) is 12.4 Å². The maximum Gasteiger partial charge on any atom is 0.384 e. The molecular weight excluding hydrogens is 216 g/mol. The average molecular weight is 230 g/mol. The van der Waals surface area contributed by atoms with E-state index in [1.807, 2.05) is 13.0 Å². The molecule has 0 unspecified atom stereocenters. The van der Waals surface area contributed by atoms with Crippen LogP contribution in [0.3, 0.4) is 0 Å². The first kappa shape index (κ1) is 13.0. The molecule has 1 aromatic carbocycles. The van der Waals surface area contributed by atoms with Crippen molar-refractivity contribution in [2.24, 2.45) is 0 Å². The van der Waals surface area contributed by atoms with Gasteiger partial charge in [-0.05, 0) is 6.42 Å². The van der Waals surface area contributed by atoms with E-state index in [9.17, 15) is 9.59 Å². The Balaban J connectivity index is 2.40. The number of rotatable bonds is 4. The maximum atomic E-state index is 11.6. The van der Waals surface area contributed by atoms with Crippen LogP contribution in [0.4, 0.5) is 0 Å². The van der Waals surface area contributed by atoms with Gasteiger partial charge >= 0.3 is 5.97 Å². The van der Waals surface area contributed by atoms with Gasteiger partial charge in [0.2, 0.25) is 0 Å². The summed E-state index contributed by atoms with van der Waals surface area (Å²) in [6.45, 7) is 1.71. The molecule has 0 atom stereocenters. The Morgan fingerprint density at radius 1 is 1.24 bits per heavy atom. The van der Waals surface area contributed by atoms with E-state index in [0.717, 1.165) is 6.42 Å². The molecule has 3 nitrogen and oxygen atoms in total. The van der Waals surface area contributed by atoms with E-state index in [1.165, 1.54) is 0 Å². The smallest absolute Gasteiger partial charge is 0.384 e. The molecule has 0 bridgehead atoms. The quantitative estimate of drug-likeness (QED) is 0.345. The molecule has 17 heavy (non-hydrogen) atoms. The molecule has 1 aromatic rings. The van der Waals surface area contributed by atoms with Gasteiger partial charge < -0.3 is 4.74 Å². The summed E-state index contributed by atoms with van der Waals surface area (Å²) < 4.78 is 4.74. The van der Waals surface area contributed by atoms with Crippen LogP contribution in [0.1, 0.15) is 30.1 Å². The van der Waals surface area contributed by atoms with Crippen molar-refractivity contribution in [3.63, 3.8) is 0 Å². The average Bonchev–Trinajstić information content (AvgIpc) is 2.37. The van der Waals surface area contributed by atoms with E-state index in [2.05, 4.69) is 11.8 Å². The van der Waals surface area contributed by atoms with Gasteiger partial charge in [0.25, 0.3) is 0 Å². The van der Waals surface area contributed by atoms with Crippen LogP contribution in [-0.2, 0) is 9.53 Å². The number of unbranched alkanes of at least 4 members (excludes halogenated alkanes) is 1. The fraction of sp³-hybridized carbons (Fsp3) is 0.286. The highest BCUT2D eigenvalue weighted by Crippen LogP contribution is 2.00. The third-order valence-corrected chi connectivity index (χ3v) is 2.00. The molecule has 0 amide bonds. The first-order chi connectivity index (χ1) is 8.24. The lowest BCUT2D eigenvalue weighted by molar-refractivity contribution is -0.135. The van der Waals surface area contributed by atoms with Gasteiger partial charge in [0, 0.05) is 17.9 Å². The summed E-state index contributed by atoms with van der Waals surface area (Å²) in [7, 11) is 0. The minimum absolute atomic E-state index is 0.226. The zero-order chi connectivity index (χ0) is 12.5. The Morgan fingerprint density at radius 3 is 2.59 bits per heavy atom. The van der Waals surface area contributed by atoms with Crippen molar-refractivity contribution >= 4 is 11.8 Å². The molecule has 0 heterocycles. The number of benzene rings is 1. The van der Waals surface area contributed by atoms with Crippen LogP contribution in [0, 0.1) is 11.8 Å². The molecule has 3 heteroatoms. The Hall–Kier alpha value is -2.08. The number of carbonyl (C=O) groups is 2. The van der Waals surface area contributed by atoms with Gasteiger partial charge in [0.05, 0.1) is 0 Å². The molecule has 0 aromatic heterocycles. The fourth-order valence-electron chi connectivity index (χ4n) is 1.13. The van der Waals surface area contributed by atoms with Crippen LogP contribution in [0.25, 0.3) is 0 Å². The Morgan fingerprint density at radius 2 is 1.94 bits per heavy atom. The summed E-state index contributed by atoms with van der Waals surface area (Å²) in [5.41, 5.74) is 0.529. The Labute approximate surface area is 101 Å². The van der Waals surface area contributed by atoms with Crippen molar-refractivity contribution in [2.75, 3.05) is 6.61 Å². The lowest BCUT2D eigenvalue weighted by Crippen LogP contribution is -2.12. The van der Waals surface area contributed by atoms with E-state index in [4.69, 9.17) is 4.74 Å². The molecule has 0 aliphatic rings. The first-order valence-electron chi connectivity index (χ1n) is 5.48. The zero-order valence-corrected chi connectivity index (χ0v) is 9.73. The third kappa shape index (κ3) is 4.98. The topological polar surface area (TPSA) is 43.4 Å². The summed E-state index contributed by atoms with van der Waals surface area (Å²) >= 11 is 0. The predicted octanol–water partition coefficient (Wildman–Crippen LogP) is 2.22. The number of ketones is 1. The third-order valence-electron chi connectivity index (χ3n) is 2.00. The Bertz CT molecular complexity index is 438. The monoisotopic (exact) mass is 230 g/mol. The molecule has 1 rings (SSSR count). The summed E-state index contributed by atoms with van der Waals surface area (Å²) in [5, 5.41) is 0. The molecule has 0 fully saturated rings. The maximum absolute atomic E-state index is 11.6. The van der Waals surface area contributed by atoms with Crippen molar-refractivity contribution in [3.8, 4) is 11.8 Å². The first-order valence-corrected chi connectivity index (χ1v) is 5.48. The molecule has 0 saturated carbocycles. The number of Topliss-reactive ketones (excluding diaryl/α,β-unsaturated/α-hetero) is 1. The molecule has 88 valence electrons. The van der Waals surface area contributed by atoms with Gasteiger partial charge in [0.1, 0.15) is 0 Å². The minimum atomic E-state index is -0.650. The molecular formula is C14H14O3. The lowest BCUT2D eigenvalue weighted by atomic mass is 10.1. The van der Waals surface area contributed by atoms with E-state index < -0.39 is 5.97 Å². The second kappa shape index (κ2) is 7.24. The molecule has 0 N–H and O–H groups in total. The minimum Gasteiger partial charge on any atom is -0.448 e. The van der Waals surface area contributed by atoms with Crippen molar-refractivity contribution in [1.82, 2.24) is 0 Å². The second-order valence-corrected chi connectivity index (χ2v) is 3.42. The molecule has 0 aliphatic carbocycles. The normalized spacial score (nSPS) is 9.00. The van der Waals surface area contributed by atoms with Crippen molar-refractivity contribution in [1.29, 1.82) is 0 Å². The standard InChI is InChI=1S/C14H14O3/c1-2-3-5-10-14(16)17-11-13(15)12-8-6-4-7-9-12/h4,6-9H,2-3,11H2,1H3. The number of ether oxygens (including phenoxy) is 1. The van der Waals surface area contributed by atoms with Crippen LogP contribution < -0.4 is 0 Å². The number of carbonyl (C=O) groups excluding carboxylic acids is 2. The van der Waals surface area contributed by atoms with Gasteiger partial charge in [-0.2, -0.15) is 0 Å². The molecule has 0 aliphatic heterocycles. The van der Waals surface area contributed by atoms with Gasteiger partial charge in [-0.25, -0.2) is 4.79 Å². The number of hydrogen-bond donors (Lipinski definition) is 0. The number of hydrogen-bond acceptors (Lipinski definition) is 3. The summed E-state index contributed by atoms with van der Waals surface area (Å²) in [6.07, 6.45) is 1.55. The van der Waals surface area contributed by atoms with E-state index >= 15 is 0 Å². The second-order valence-electron chi connectivity index (χ2n) is 3.42. The highest BCUT2D eigenvalue weighted by Gasteiger charge is 2.07. The number of esters is 1. The van der Waals surface area contributed by atoms with Crippen LogP contribution in [0.15, 0.2) is 30.3 Å². The van der Waals surface area contributed by atoms with Gasteiger partial charge in [-0.3, -0.25) is 4.79 Å². The SMILES string of the molecule is CCCC#CC(=O)OCC(=O)c1ccccc1. The van der Waals surface area contributed by atoms with Crippen LogP contribution >= 0.6 is 0 Å². The summed E-state index contributed by atoms with van der Waals surface area (Å²) in [4.78, 5) is 22.7. The van der Waals surface area contributed by atoms with Crippen molar-refractivity contribution in [2.45, 2.75) is 19.8 Å². The fourth-order valence-corrected chi connectivity index (χ4v) is 1.13. The summed E-state index contributed by atoms with van der Waals surface area (Å²) in [6, 6.07) is 8.70. The van der Waals surface area contributed by atoms with E-state index in [1.54, 1.807) is 24.3 Å². The van der Waals surface area contributed by atoms with Crippen molar-refractivity contribution in [3.05, 3.63) is 35.9 Å². The molecule has 0 radical (unpaired) electrons. The van der Waals surface area contributed by atoms with Gasteiger partial charge in [-0.15, -0.1) is 0 Å². The molecule has 0 spiro atoms. The van der Waals surface area contributed by atoms with Crippen LogP contribution in [0.5, 0.6) is 0 Å². The van der Waals surface area contributed by atoms with Crippen LogP contribution in [0.2, 0.25) is 0 Å². The largest absolute Gasteiger partial charge is 0.448 e. The Kier molecular flexibility index (Phi) is 5.53. The zero-order valence-electron chi connectivity index (χ0n) is 9.73. The lowest BCUT2D eigenvalue weighted by Gasteiger charge is -2.00.